The Bertz CT molecular complexity index is 906. The van der Waals surface area contributed by atoms with Crippen LogP contribution in [0, 0.1) is 0 Å². The molecule has 3 rings (SSSR count). The lowest BCUT2D eigenvalue weighted by Gasteiger charge is -2.09. The fourth-order valence-corrected chi connectivity index (χ4v) is 3.41. The minimum absolute atomic E-state index is 0.123. The third-order valence-corrected chi connectivity index (χ3v) is 5.15. The van der Waals surface area contributed by atoms with Crippen molar-refractivity contribution in [2.24, 2.45) is 0 Å². The molecule has 0 aliphatic heterocycles. The zero-order valence-corrected chi connectivity index (χ0v) is 14.9. The van der Waals surface area contributed by atoms with Gasteiger partial charge in [0.05, 0.1) is 5.69 Å². The third-order valence-electron chi connectivity index (χ3n) is 3.62. The van der Waals surface area contributed by atoms with Crippen molar-refractivity contribution in [3.8, 4) is 11.4 Å². The predicted octanol–water partition coefficient (Wildman–Crippen LogP) is 3.81. The Kier molecular flexibility index (Phi) is 5.40. The number of nitrogens with zero attached hydrogens (tertiary/aromatic N) is 2. The van der Waals surface area contributed by atoms with Gasteiger partial charge in [0, 0.05) is 18.3 Å². The second-order valence-electron chi connectivity index (χ2n) is 5.42. The Hall–Kier alpha value is -2.31. The van der Waals surface area contributed by atoms with Crippen molar-refractivity contribution in [3.05, 3.63) is 72.6 Å². The molecule has 1 aromatic heterocycles. The van der Waals surface area contributed by atoms with E-state index in [0.717, 1.165) is 24.1 Å². The van der Waals surface area contributed by atoms with Crippen LogP contribution in [0.2, 0.25) is 0 Å². The predicted molar refractivity (Wildman–Crippen MR) is 96.9 cm³/mol. The first-order chi connectivity index (χ1) is 12.1. The topological polar surface area (TPSA) is 61.2 Å². The molecule has 2 aromatic carbocycles. The molecule has 0 saturated heterocycles. The first kappa shape index (κ1) is 17.5. The molecule has 0 aliphatic carbocycles. The van der Waals surface area contributed by atoms with Crippen molar-refractivity contribution in [2.75, 3.05) is 5.88 Å². The van der Waals surface area contributed by atoms with Crippen LogP contribution in [-0.4, -0.2) is 24.1 Å². The molecule has 7 heteroatoms. The average Bonchev–Trinajstić information content (AvgIpc) is 3.15. The normalized spacial score (nSPS) is 11.4. The van der Waals surface area contributed by atoms with E-state index in [1.54, 1.807) is 65.6 Å². The van der Waals surface area contributed by atoms with Gasteiger partial charge in [0.2, 0.25) is 0 Å². The molecule has 0 atom stereocenters. The van der Waals surface area contributed by atoms with Crippen molar-refractivity contribution in [3.63, 3.8) is 0 Å². The van der Waals surface area contributed by atoms with Gasteiger partial charge in [-0.05, 0) is 60.9 Å². The van der Waals surface area contributed by atoms with E-state index in [4.69, 9.17) is 15.8 Å². The lowest BCUT2D eigenvalue weighted by molar-refractivity contribution is 0.486. The average molecular weight is 377 g/mol. The second kappa shape index (κ2) is 7.72. The zero-order chi connectivity index (χ0) is 17.7. The van der Waals surface area contributed by atoms with Gasteiger partial charge in [-0.15, -0.1) is 11.6 Å². The van der Waals surface area contributed by atoms with Gasteiger partial charge in [-0.3, -0.25) is 0 Å². The highest BCUT2D eigenvalue weighted by Crippen LogP contribution is 2.21. The van der Waals surface area contributed by atoms with Gasteiger partial charge in [-0.2, -0.15) is 13.5 Å². The van der Waals surface area contributed by atoms with E-state index in [2.05, 4.69) is 5.10 Å². The number of hydrogen-bond donors (Lipinski definition) is 0. The molecule has 0 radical (unpaired) electrons. The number of aryl methyl sites for hydroxylation is 1. The third kappa shape index (κ3) is 4.41. The van der Waals surface area contributed by atoms with Crippen LogP contribution in [0.4, 0.5) is 0 Å². The molecular weight excluding hydrogens is 360 g/mol. The zero-order valence-electron chi connectivity index (χ0n) is 13.4. The fraction of sp³-hybridized carbons (Fsp3) is 0.167. The van der Waals surface area contributed by atoms with Crippen LogP contribution in [0.1, 0.15) is 12.0 Å². The van der Waals surface area contributed by atoms with Crippen molar-refractivity contribution in [1.82, 2.24) is 9.78 Å². The Morgan fingerprint density at radius 1 is 1.04 bits per heavy atom. The summed E-state index contributed by atoms with van der Waals surface area (Å²) in [5.74, 6) is 0.833. The lowest BCUT2D eigenvalue weighted by atomic mass is 10.1. The van der Waals surface area contributed by atoms with Crippen molar-refractivity contribution in [2.45, 2.75) is 17.7 Å². The minimum Gasteiger partial charge on any atom is -0.379 e. The molecule has 0 N–H and O–H groups in total. The van der Waals surface area contributed by atoms with E-state index in [-0.39, 0.29) is 10.6 Å². The van der Waals surface area contributed by atoms with Crippen LogP contribution < -0.4 is 4.18 Å². The largest absolute Gasteiger partial charge is 0.379 e. The molecule has 0 unspecified atom stereocenters. The van der Waals surface area contributed by atoms with E-state index < -0.39 is 10.1 Å². The van der Waals surface area contributed by atoms with E-state index in [1.165, 1.54) is 0 Å². The van der Waals surface area contributed by atoms with E-state index in [0.29, 0.717) is 5.88 Å². The summed E-state index contributed by atoms with van der Waals surface area (Å²) in [6, 6.07) is 15.2. The molecular formula is C18H17ClN2O3S. The second-order valence-corrected chi connectivity index (χ2v) is 7.34. The molecule has 0 fully saturated rings. The Labute approximate surface area is 151 Å². The van der Waals surface area contributed by atoms with Crippen molar-refractivity contribution in [1.29, 1.82) is 0 Å². The molecule has 0 bridgehead atoms. The van der Waals surface area contributed by atoms with Crippen LogP contribution in [0.5, 0.6) is 5.75 Å². The molecule has 25 heavy (non-hydrogen) atoms. The van der Waals surface area contributed by atoms with Gasteiger partial charge in [0.1, 0.15) is 10.6 Å². The molecule has 0 saturated carbocycles. The van der Waals surface area contributed by atoms with Crippen molar-refractivity contribution < 1.29 is 12.6 Å². The summed E-state index contributed by atoms with van der Waals surface area (Å²) < 4.78 is 31.6. The smallest absolute Gasteiger partial charge is 0.339 e. The van der Waals surface area contributed by atoms with Crippen LogP contribution in [-0.2, 0) is 16.5 Å². The fourth-order valence-electron chi connectivity index (χ4n) is 2.34. The summed E-state index contributed by atoms with van der Waals surface area (Å²) in [5, 5.41) is 4.12. The van der Waals surface area contributed by atoms with Gasteiger partial charge in [-0.1, -0.05) is 12.1 Å². The summed E-state index contributed by atoms with van der Waals surface area (Å²) in [5.41, 5.74) is 1.86. The number of rotatable bonds is 7. The van der Waals surface area contributed by atoms with Crippen LogP contribution in [0.25, 0.3) is 5.69 Å². The number of halogens is 1. The number of alkyl halides is 1. The Morgan fingerprint density at radius 2 is 1.76 bits per heavy atom. The first-order valence-electron chi connectivity index (χ1n) is 7.78. The highest BCUT2D eigenvalue weighted by atomic mass is 35.5. The standard InChI is InChI=1S/C18H17ClN2O3S/c19-12-1-3-15-4-10-18(11-5-15)25(22,23)24-17-8-6-16(7-9-17)21-14-2-13-20-21/h2,4-11,13-14H,1,3,12H2. The summed E-state index contributed by atoms with van der Waals surface area (Å²) in [6.07, 6.45) is 5.15. The number of hydrogen-bond acceptors (Lipinski definition) is 4. The molecule has 3 aromatic rings. The summed E-state index contributed by atoms with van der Waals surface area (Å²) in [4.78, 5) is 0.123. The van der Waals surface area contributed by atoms with Gasteiger partial charge < -0.3 is 4.18 Å². The minimum atomic E-state index is -3.87. The number of aromatic nitrogens is 2. The maximum absolute atomic E-state index is 12.4. The highest BCUT2D eigenvalue weighted by molar-refractivity contribution is 7.87. The summed E-state index contributed by atoms with van der Waals surface area (Å²) >= 11 is 5.67. The van der Waals surface area contributed by atoms with Gasteiger partial charge >= 0.3 is 10.1 Å². The molecule has 0 amide bonds. The monoisotopic (exact) mass is 376 g/mol. The van der Waals surface area contributed by atoms with Crippen LogP contribution in [0.15, 0.2) is 71.9 Å². The summed E-state index contributed by atoms with van der Waals surface area (Å²) in [6.45, 7) is 0. The Morgan fingerprint density at radius 3 is 2.36 bits per heavy atom. The molecule has 1 heterocycles. The van der Waals surface area contributed by atoms with Crippen LogP contribution in [0.3, 0.4) is 0 Å². The van der Waals surface area contributed by atoms with E-state index in [9.17, 15) is 8.42 Å². The lowest BCUT2D eigenvalue weighted by Crippen LogP contribution is -2.10. The van der Waals surface area contributed by atoms with Crippen molar-refractivity contribution >= 4 is 21.7 Å². The molecule has 130 valence electrons. The Balaban J connectivity index is 1.72. The highest BCUT2D eigenvalue weighted by Gasteiger charge is 2.16. The SMILES string of the molecule is O=S(=O)(Oc1ccc(-n2cccn2)cc1)c1ccc(CCCCl)cc1. The first-order valence-corrected chi connectivity index (χ1v) is 9.72. The molecule has 5 nitrogen and oxygen atoms in total. The quantitative estimate of drug-likeness (QED) is 0.464. The van der Waals surface area contributed by atoms with Gasteiger partial charge in [0.15, 0.2) is 0 Å². The van der Waals surface area contributed by atoms with E-state index in [1.807, 2.05) is 6.07 Å². The maximum Gasteiger partial charge on any atom is 0.339 e. The van der Waals surface area contributed by atoms with Gasteiger partial charge in [-0.25, -0.2) is 4.68 Å². The van der Waals surface area contributed by atoms with Crippen LogP contribution >= 0.6 is 11.6 Å². The van der Waals surface area contributed by atoms with Gasteiger partial charge in [0.25, 0.3) is 0 Å². The molecule has 0 aliphatic rings. The van der Waals surface area contributed by atoms with E-state index >= 15 is 0 Å². The molecule has 0 spiro atoms. The maximum atomic E-state index is 12.4. The summed E-state index contributed by atoms with van der Waals surface area (Å²) in [7, 11) is -3.87. The number of benzene rings is 2.